The van der Waals surface area contributed by atoms with Gasteiger partial charge in [-0.25, -0.2) is 0 Å². The van der Waals surface area contributed by atoms with E-state index in [1.54, 1.807) is 7.11 Å². The number of hydrogen-bond donors (Lipinski definition) is 2. The first-order valence-electron chi connectivity index (χ1n) is 7.09. The molecule has 0 spiro atoms. The first-order valence-corrected chi connectivity index (χ1v) is 7.09. The summed E-state index contributed by atoms with van der Waals surface area (Å²) < 4.78 is 5.22. The van der Waals surface area contributed by atoms with Gasteiger partial charge in [0, 0.05) is 25.7 Å². The highest BCUT2D eigenvalue weighted by molar-refractivity contribution is 5.28. The van der Waals surface area contributed by atoms with Crippen LogP contribution in [0.15, 0.2) is 24.3 Å². The number of hydrogen-bond acceptors (Lipinski definition) is 4. The number of rotatable bonds is 8. The lowest BCUT2D eigenvalue weighted by Gasteiger charge is -2.30. The summed E-state index contributed by atoms with van der Waals surface area (Å²) in [5, 5.41) is 13.7. The Kier molecular flexibility index (Phi) is 6.46. The minimum Gasteiger partial charge on any atom is -0.497 e. The van der Waals surface area contributed by atoms with Gasteiger partial charge in [0.25, 0.3) is 0 Å². The molecule has 0 aliphatic carbocycles. The Bertz CT molecular complexity index is 405. The largest absolute Gasteiger partial charge is 0.497 e. The molecule has 0 saturated heterocycles. The van der Waals surface area contributed by atoms with Gasteiger partial charge in [0.1, 0.15) is 5.75 Å². The average molecular weight is 280 g/mol. The molecule has 4 heteroatoms. The fraction of sp³-hybridized carbons (Fsp3) is 0.625. The van der Waals surface area contributed by atoms with Crippen LogP contribution in [0.1, 0.15) is 26.3 Å². The van der Waals surface area contributed by atoms with Crippen molar-refractivity contribution in [3.8, 4) is 5.75 Å². The molecule has 0 radical (unpaired) electrons. The summed E-state index contributed by atoms with van der Waals surface area (Å²) in [4.78, 5) is 2.12. The van der Waals surface area contributed by atoms with Crippen molar-refractivity contribution < 1.29 is 9.84 Å². The molecule has 1 unspecified atom stereocenters. The summed E-state index contributed by atoms with van der Waals surface area (Å²) in [5.41, 5.74) is 0.442. The van der Waals surface area contributed by atoms with Gasteiger partial charge in [0.2, 0.25) is 0 Å². The molecule has 0 fully saturated rings. The standard InChI is InChI=1S/C16H28N2O2/c1-13(2)17-11-16(3,19)12-18(4)10-14-7-6-8-15(9-14)20-5/h6-9,13,17,19H,10-12H2,1-5H3. The molecule has 4 nitrogen and oxygen atoms in total. The first kappa shape index (κ1) is 17.0. The van der Waals surface area contributed by atoms with Crippen molar-refractivity contribution in [2.24, 2.45) is 0 Å². The van der Waals surface area contributed by atoms with Gasteiger partial charge in [-0.2, -0.15) is 0 Å². The van der Waals surface area contributed by atoms with Gasteiger partial charge in [0.05, 0.1) is 12.7 Å². The van der Waals surface area contributed by atoms with Crippen LogP contribution in [0, 0.1) is 0 Å². The molecule has 0 aromatic heterocycles. The zero-order valence-corrected chi connectivity index (χ0v) is 13.3. The molecule has 0 saturated carbocycles. The Balaban J connectivity index is 2.51. The molecule has 0 bridgehead atoms. The minimum absolute atomic E-state index is 0.380. The molecule has 0 heterocycles. The van der Waals surface area contributed by atoms with Gasteiger partial charge in [-0.1, -0.05) is 26.0 Å². The number of methoxy groups -OCH3 is 1. The first-order chi connectivity index (χ1) is 9.32. The molecule has 1 atom stereocenters. The third-order valence-electron chi connectivity index (χ3n) is 3.09. The van der Waals surface area contributed by atoms with E-state index in [0.717, 1.165) is 12.3 Å². The summed E-state index contributed by atoms with van der Waals surface area (Å²) in [6, 6.07) is 8.40. The Morgan fingerprint density at radius 1 is 1.40 bits per heavy atom. The SMILES string of the molecule is COc1cccc(CN(C)CC(C)(O)CNC(C)C)c1. The number of benzene rings is 1. The molecule has 1 aromatic rings. The van der Waals surface area contributed by atoms with Crippen molar-refractivity contribution in [2.75, 3.05) is 27.2 Å². The van der Waals surface area contributed by atoms with Crippen molar-refractivity contribution in [3.05, 3.63) is 29.8 Å². The quantitative estimate of drug-likeness (QED) is 0.763. The number of ether oxygens (including phenoxy) is 1. The molecule has 1 rings (SSSR count). The predicted molar refractivity (Wildman–Crippen MR) is 83.1 cm³/mol. The lowest BCUT2D eigenvalue weighted by atomic mass is 10.1. The molecule has 20 heavy (non-hydrogen) atoms. The van der Waals surface area contributed by atoms with Crippen molar-refractivity contribution in [1.82, 2.24) is 10.2 Å². The van der Waals surface area contributed by atoms with Crippen LogP contribution in [0.2, 0.25) is 0 Å². The van der Waals surface area contributed by atoms with Crippen LogP contribution < -0.4 is 10.1 Å². The van der Waals surface area contributed by atoms with Gasteiger partial charge in [-0.3, -0.25) is 4.90 Å². The highest BCUT2D eigenvalue weighted by atomic mass is 16.5. The maximum atomic E-state index is 10.4. The van der Waals surface area contributed by atoms with E-state index in [0.29, 0.717) is 19.1 Å². The van der Waals surface area contributed by atoms with Crippen molar-refractivity contribution in [1.29, 1.82) is 0 Å². The molecule has 0 aliphatic heterocycles. The number of nitrogens with zero attached hydrogens (tertiary/aromatic N) is 1. The smallest absolute Gasteiger partial charge is 0.119 e. The van der Waals surface area contributed by atoms with Gasteiger partial charge in [-0.15, -0.1) is 0 Å². The lowest BCUT2D eigenvalue weighted by molar-refractivity contribution is 0.0240. The van der Waals surface area contributed by atoms with Crippen LogP contribution >= 0.6 is 0 Å². The van der Waals surface area contributed by atoms with Crippen molar-refractivity contribution in [3.63, 3.8) is 0 Å². The van der Waals surface area contributed by atoms with Crippen LogP contribution in [0.5, 0.6) is 5.75 Å². The molecule has 1 aromatic carbocycles. The van der Waals surface area contributed by atoms with Crippen molar-refractivity contribution in [2.45, 2.75) is 39.0 Å². The summed E-state index contributed by atoms with van der Waals surface area (Å²) >= 11 is 0. The minimum atomic E-state index is -0.738. The van der Waals surface area contributed by atoms with Crippen molar-refractivity contribution >= 4 is 0 Å². The predicted octanol–water partition coefficient (Wildman–Crippen LogP) is 1.88. The van der Waals surface area contributed by atoms with Crippen LogP contribution in [0.3, 0.4) is 0 Å². The fourth-order valence-corrected chi connectivity index (χ4v) is 2.20. The monoisotopic (exact) mass is 280 g/mol. The van der Waals surface area contributed by atoms with E-state index in [2.05, 4.69) is 30.1 Å². The lowest BCUT2D eigenvalue weighted by Crippen LogP contribution is -2.47. The Hall–Kier alpha value is -1.10. The van der Waals surface area contributed by atoms with Crippen LogP contribution in [-0.4, -0.2) is 48.9 Å². The molecule has 0 amide bonds. The average Bonchev–Trinajstić information content (AvgIpc) is 2.36. The summed E-state index contributed by atoms with van der Waals surface area (Å²) in [6.45, 7) is 8.02. The molecule has 2 N–H and O–H groups in total. The fourth-order valence-electron chi connectivity index (χ4n) is 2.20. The maximum Gasteiger partial charge on any atom is 0.119 e. The van der Waals surface area contributed by atoms with E-state index in [9.17, 15) is 5.11 Å². The molecule has 114 valence electrons. The second kappa shape index (κ2) is 7.62. The summed E-state index contributed by atoms with van der Waals surface area (Å²) in [5.74, 6) is 0.865. The van der Waals surface area contributed by atoms with Gasteiger partial charge < -0.3 is 15.2 Å². The van der Waals surface area contributed by atoms with E-state index >= 15 is 0 Å². The van der Waals surface area contributed by atoms with Crippen LogP contribution in [-0.2, 0) is 6.54 Å². The van der Waals surface area contributed by atoms with Crippen LogP contribution in [0.25, 0.3) is 0 Å². The van der Waals surface area contributed by atoms with Gasteiger partial charge in [-0.05, 0) is 31.7 Å². The summed E-state index contributed by atoms with van der Waals surface area (Å²) in [6.07, 6.45) is 0. The van der Waals surface area contributed by atoms with Crippen LogP contribution in [0.4, 0.5) is 0 Å². The Morgan fingerprint density at radius 2 is 2.10 bits per heavy atom. The van der Waals surface area contributed by atoms with E-state index in [4.69, 9.17) is 4.74 Å². The Morgan fingerprint density at radius 3 is 2.70 bits per heavy atom. The zero-order chi connectivity index (χ0) is 15.2. The maximum absolute atomic E-state index is 10.4. The normalized spacial score (nSPS) is 14.6. The molecular formula is C16H28N2O2. The van der Waals surface area contributed by atoms with E-state index < -0.39 is 5.60 Å². The third-order valence-corrected chi connectivity index (χ3v) is 3.09. The molecule has 0 aliphatic rings. The van der Waals surface area contributed by atoms with E-state index in [1.165, 1.54) is 5.56 Å². The zero-order valence-electron chi connectivity index (χ0n) is 13.3. The number of aliphatic hydroxyl groups is 1. The highest BCUT2D eigenvalue weighted by Gasteiger charge is 2.22. The number of likely N-dealkylation sites (N-methyl/N-ethyl adjacent to an activating group) is 1. The van der Waals surface area contributed by atoms with E-state index in [1.807, 2.05) is 32.2 Å². The van der Waals surface area contributed by atoms with E-state index in [-0.39, 0.29) is 0 Å². The Labute approximate surface area is 122 Å². The topological polar surface area (TPSA) is 44.7 Å². The van der Waals surface area contributed by atoms with Gasteiger partial charge >= 0.3 is 0 Å². The summed E-state index contributed by atoms with van der Waals surface area (Å²) in [7, 11) is 3.69. The second-order valence-electron chi connectivity index (χ2n) is 6.06. The third kappa shape index (κ3) is 6.37. The molecular weight excluding hydrogens is 252 g/mol. The number of nitrogens with one attached hydrogen (secondary N) is 1. The second-order valence-corrected chi connectivity index (χ2v) is 6.06. The highest BCUT2D eigenvalue weighted by Crippen LogP contribution is 2.15. The van der Waals surface area contributed by atoms with Gasteiger partial charge in [0.15, 0.2) is 0 Å².